The molecule has 0 saturated heterocycles. The zero-order valence-electron chi connectivity index (χ0n) is 13.0. The summed E-state index contributed by atoms with van der Waals surface area (Å²) in [5.74, 6) is -0.865. The number of halogens is 1. The first-order chi connectivity index (χ1) is 11.0. The summed E-state index contributed by atoms with van der Waals surface area (Å²) in [6.45, 7) is 4.08. The van der Waals surface area contributed by atoms with Gasteiger partial charge in [0.1, 0.15) is 5.65 Å². The Morgan fingerprint density at radius 3 is 2.61 bits per heavy atom. The first-order valence-corrected chi connectivity index (χ1v) is 8.27. The average Bonchev–Trinajstić information content (AvgIpc) is 2.86. The van der Waals surface area contributed by atoms with E-state index in [1.807, 2.05) is 35.7 Å². The van der Waals surface area contributed by atoms with E-state index in [0.29, 0.717) is 5.69 Å². The molecule has 4 nitrogen and oxygen atoms in total. The standard InChI is InChI=1S/C18H17BrN2O2/c1-3-12-4-6-13(7-5-12)17-15(9-16(22)23)21-10-14(19)8-11(2)18(21)20-17/h4-8,10H,3,9H2,1-2H3,(H,22,23). The molecule has 0 spiro atoms. The molecule has 0 bridgehead atoms. The van der Waals surface area contributed by atoms with Gasteiger partial charge in [-0.25, -0.2) is 4.98 Å². The van der Waals surface area contributed by atoms with Crippen LogP contribution >= 0.6 is 15.9 Å². The number of pyridine rings is 1. The van der Waals surface area contributed by atoms with Crippen molar-refractivity contribution in [2.24, 2.45) is 0 Å². The molecule has 0 fully saturated rings. The van der Waals surface area contributed by atoms with E-state index in [9.17, 15) is 9.90 Å². The van der Waals surface area contributed by atoms with Gasteiger partial charge >= 0.3 is 5.97 Å². The summed E-state index contributed by atoms with van der Waals surface area (Å²) in [5, 5.41) is 9.28. The van der Waals surface area contributed by atoms with Gasteiger partial charge in [0.25, 0.3) is 0 Å². The molecule has 3 rings (SSSR count). The fourth-order valence-corrected chi connectivity index (χ4v) is 3.31. The smallest absolute Gasteiger partial charge is 0.309 e. The van der Waals surface area contributed by atoms with Crippen molar-refractivity contribution in [1.29, 1.82) is 0 Å². The molecular formula is C18H17BrN2O2. The Hall–Kier alpha value is -2.14. The fourth-order valence-electron chi connectivity index (χ4n) is 2.76. The third-order valence-corrected chi connectivity index (χ3v) is 4.36. The van der Waals surface area contributed by atoms with Gasteiger partial charge < -0.3 is 9.51 Å². The number of carbonyl (C=O) groups is 1. The second kappa shape index (κ2) is 6.16. The molecular weight excluding hydrogens is 356 g/mol. The van der Waals surface area contributed by atoms with Crippen molar-refractivity contribution in [3.63, 3.8) is 0 Å². The van der Waals surface area contributed by atoms with Crippen LogP contribution in [-0.2, 0) is 17.6 Å². The first kappa shape index (κ1) is 15.7. The summed E-state index contributed by atoms with van der Waals surface area (Å²) in [7, 11) is 0. The highest BCUT2D eigenvalue weighted by Crippen LogP contribution is 2.28. The highest BCUT2D eigenvalue weighted by Gasteiger charge is 2.18. The van der Waals surface area contributed by atoms with E-state index in [1.54, 1.807) is 0 Å². The number of carboxylic acid groups (broad SMARTS) is 1. The van der Waals surface area contributed by atoms with Crippen LogP contribution in [0.15, 0.2) is 41.0 Å². The molecule has 0 amide bonds. The number of carboxylic acids is 1. The predicted octanol–water partition coefficient (Wildman–Crippen LogP) is 4.26. The summed E-state index contributed by atoms with van der Waals surface area (Å²) >= 11 is 3.47. The van der Waals surface area contributed by atoms with Crippen LogP contribution in [0.25, 0.3) is 16.9 Å². The van der Waals surface area contributed by atoms with E-state index in [2.05, 4.69) is 35.0 Å². The number of imidazole rings is 1. The number of aliphatic carboxylic acids is 1. The molecule has 23 heavy (non-hydrogen) atoms. The van der Waals surface area contributed by atoms with Gasteiger partial charge in [0.05, 0.1) is 17.8 Å². The van der Waals surface area contributed by atoms with Gasteiger partial charge in [-0.05, 0) is 46.5 Å². The molecule has 0 aliphatic carbocycles. The summed E-state index contributed by atoms with van der Waals surface area (Å²) < 4.78 is 2.77. The maximum Gasteiger partial charge on any atom is 0.309 e. The second-order valence-corrected chi connectivity index (χ2v) is 6.48. The number of aromatic nitrogens is 2. The number of nitrogens with zero attached hydrogens (tertiary/aromatic N) is 2. The quantitative estimate of drug-likeness (QED) is 0.744. The van der Waals surface area contributed by atoms with Crippen LogP contribution in [0.4, 0.5) is 0 Å². The third-order valence-electron chi connectivity index (χ3n) is 3.92. The van der Waals surface area contributed by atoms with Crippen LogP contribution < -0.4 is 0 Å². The lowest BCUT2D eigenvalue weighted by Gasteiger charge is -2.05. The largest absolute Gasteiger partial charge is 0.481 e. The van der Waals surface area contributed by atoms with Gasteiger partial charge in [0.15, 0.2) is 0 Å². The molecule has 0 atom stereocenters. The van der Waals surface area contributed by atoms with Gasteiger partial charge in [0.2, 0.25) is 0 Å². The minimum Gasteiger partial charge on any atom is -0.481 e. The Morgan fingerprint density at radius 1 is 1.30 bits per heavy atom. The van der Waals surface area contributed by atoms with Crippen molar-refractivity contribution in [3.8, 4) is 11.3 Å². The van der Waals surface area contributed by atoms with Gasteiger partial charge in [0, 0.05) is 16.2 Å². The fraction of sp³-hybridized carbons (Fsp3) is 0.222. The lowest BCUT2D eigenvalue weighted by molar-refractivity contribution is -0.136. The summed E-state index contributed by atoms with van der Waals surface area (Å²) in [6.07, 6.45) is 2.78. The van der Waals surface area contributed by atoms with Crippen molar-refractivity contribution in [2.75, 3.05) is 0 Å². The number of fused-ring (bicyclic) bond motifs is 1. The Bertz CT molecular complexity index is 882. The van der Waals surface area contributed by atoms with Crippen molar-refractivity contribution in [1.82, 2.24) is 9.38 Å². The minimum atomic E-state index is -0.865. The summed E-state index contributed by atoms with van der Waals surface area (Å²) in [6, 6.07) is 10.1. The molecule has 1 aromatic carbocycles. The number of hydrogen-bond acceptors (Lipinski definition) is 2. The van der Waals surface area contributed by atoms with Crippen molar-refractivity contribution in [3.05, 3.63) is 57.8 Å². The normalized spacial score (nSPS) is 11.1. The minimum absolute atomic E-state index is 0.0675. The lowest BCUT2D eigenvalue weighted by Crippen LogP contribution is -2.05. The SMILES string of the molecule is CCc1ccc(-c2nc3c(C)cc(Br)cn3c2CC(=O)O)cc1. The molecule has 0 saturated carbocycles. The van der Waals surface area contributed by atoms with Gasteiger partial charge in [-0.3, -0.25) is 4.79 Å². The van der Waals surface area contributed by atoms with Gasteiger partial charge in [-0.15, -0.1) is 0 Å². The summed E-state index contributed by atoms with van der Waals surface area (Å²) in [4.78, 5) is 16.0. The zero-order chi connectivity index (χ0) is 16.6. The van der Waals surface area contributed by atoms with E-state index in [-0.39, 0.29) is 6.42 Å². The van der Waals surface area contributed by atoms with Crippen LogP contribution in [-0.4, -0.2) is 20.5 Å². The van der Waals surface area contributed by atoms with E-state index in [1.165, 1.54) is 5.56 Å². The number of rotatable bonds is 4. The van der Waals surface area contributed by atoms with E-state index < -0.39 is 5.97 Å². The second-order valence-electron chi connectivity index (χ2n) is 5.56. The molecule has 118 valence electrons. The zero-order valence-corrected chi connectivity index (χ0v) is 14.6. The number of aryl methyl sites for hydroxylation is 2. The Morgan fingerprint density at radius 2 is 2.00 bits per heavy atom. The summed E-state index contributed by atoms with van der Waals surface area (Å²) in [5.41, 5.74) is 5.41. The van der Waals surface area contributed by atoms with Crippen LogP contribution in [0.2, 0.25) is 0 Å². The van der Waals surface area contributed by atoms with E-state index in [4.69, 9.17) is 4.98 Å². The molecule has 2 heterocycles. The topological polar surface area (TPSA) is 54.6 Å². The molecule has 0 aliphatic heterocycles. The van der Waals surface area contributed by atoms with Crippen LogP contribution in [0.5, 0.6) is 0 Å². The Kier molecular flexibility index (Phi) is 4.22. The average molecular weight is 373 g/mol. The molecule has 2 aromatic heterocycles. The monoisotopic (exact) mass is 372 g/mol. The molecule has 5 heteroatoms. The maximum absolute atomic E-state index is 11.3. The Balaban J connectivity index is 2.25. The van der Waals surface area contributed by atoms with E-state index >= 15 is 0 Å². The number of benzene rings is 1. The highest BCUT2D eigenvalue weighted by molar-refractivity contribution is 9.10. The van der Waals surface area contributed by atoms with Crippen LogP contribution in [0.3, 0.4) is 0 Å². The molecule has 0 aliphatic rings. The van der Waals surface area contributed by atoms with Crippen molar-refractivity contribution < 1.29 is 9.90 Å². The number of hydrogen-bond donors (Lipinski definition) is 1. The molecule has 3 aromatic rings. The van der Waals surface area contributed by atoms with Crippen LogP contribution in [0.1, 0.15) is 23.7 Å². The van der Waals surface area contributed by atoms with Crippen molar-refractivity contribution in [2.45, 2.75) is 26.7 Å². The predicted molar refractivity (Wildman–Crippen MR) is 93.8 cm³/mol. The molecule has 0 radical (unpaired) electrons. The van der Waals surface area contributed by atoms with Gasteiger partial charge in [-0.2, -0.15) is 0 Å². The lowest BCUT2D eigenvalue weighted by atomic mass is 10.1. The van der Waals surface area contributed by atoms with E-state index in [0.717, 1.165) is 33.4 Å². The molecule has 0 unspecified atom stereocenters. The third kappa shape index (κ3) is 3.01. The highest BCUT2D eigenvalue weighted by atomic mass is 79.9. The molecule has 1 N–H and O–H groups in total. The first-order valence-electron chi connectivity index (χ1n) is 7.47. The Labute approximate surface area is 142 Å². The van der Waals surface area contributed by atoms with Crippen LogP contribution in [0, 0.1) is 6.92 Å². The van der Waals surface area contributed by atoms with Crippen molar-refractivity contribution >= 4 is 27.5 Å². The van der Waals surface area contributed by atoms with Gasteiger partial charge in [-0.1, -0.05) is 31.2 Å². The maximum atomic E-state index is 11.3.